The summed E-state index contributed by atoms with van der Waals surface area (Å²) < 4.78 is 91.8. The predicted octanol–water partition coefficient (Wildman–Crippen LogP) is 17.2. The Labute approximate surface area is 387 Å². The number of nitrogens with zero attached hydrogens (tertiary/aromatic N) is 2. The Morgan fingerprint density at radius 3 is 1.12 bits per heavy atom. The van der Waals surface area contributed by atoms with Crippen molar-refractivity contribution in [3.05, 3.63) is 193 Å². The summed E-state index contributed by atoms with van der Waals surface area (Å²) in [5, 5.41) is 8.40. The summed E-state index contributed by atoms with van der Waals surface area (Å²) in [5.74, 6) is 0. The highest BCUT2D eigenvalue weighted by atomic mass is 14.9. The molecule has 0 saturated heterocycles. The molecule has 4 heterocycles. The van der Waals surface area contributed by atoms with Gasteiger partial charge in [0.25, 0.3) is 0 Å². The van der Waals surface area contributed by atoms with Crippen molar-refractivity contribution in [3.8, 4) is 44.5 Å². The zero-order valence-electron chi connectivity index (χ0n) is 46.4. The number of rotatable bonds is 4. The maximum Gasteiger partial charge on any atom is 0.0629 e. The van der Waals surface area contributed by atoms with E-state index in [9.17, 15) is 0 Å². The second-order valence-electron chi connectivity index (χ2n) is 19.4. The van der Waals surface area contributed by atoms with E-state index in [1.54, 1.807) is 0 Å². The fourth-order valence-electron chi connectivity index (χ4n) is 10.6. The van der Waals surface area contributed by atoms with Gasteiger partial charge >= 0.3 is 0 Å². The first-order valence-corrected chi connectivity index (χ1v) is 21.9. The van der Waals surface area contributed by atoms with Crippen LogP contribution in [0.1, 0.15) is 66.4 Å². The molecule has 2 nitrogen and oxygen atoms in total. The fraction of sp³-hybridized carbons (Fsp3) is 0.129. The minimum absolute atomic E-state index is 0.162. The lowest BCUT2D eigenvalue weighted by Gasteiger charge is -2.19. The fourth-order valence-corrected chi connectivity index (χ4v) is 10.6. The molecular weight excluding hydrogens is 773 g/mol. The van der Waals surface area contributed by atoms with Gasteiger partial charge in [0.1, 0.15) is 0 Å². The molecule has 0 aliphatic carbocycles. The molecule has 9 aromatic carbocycles. The molecule has 0 fully saturated rings. The van der Waals surface area contributed by atoms with Gasteiger partial charge in [-0.05, 0) is 103 Å². The molecule has 64 heavy (non-hydrogen) atoms. The van der Waals surface area contributed by atoms with E-state index in [-0.39, 0.29) is 70.3 Å². The highest BCUT2D eigenvalue weighted by Crippen LogP contribution is 2.50. The predicted molar refractivity (Wildman–Crippen MR) is 275 cm³/mol. The molecule has 13 aromatic rings. The lowest BCUT2D eigenvalue weighted by molar-refractivity contribution is 0.591. The molecular formula is C62H48N2. The second kappa shape index (κ2) is 13.1. The topological polar surface area (TPSA) is 8.82 Å². The molecule has 0 N–H and O–H groups in total. The van der Waals surface area contributed by atoms with Gasteiger partial charge in [-0.25, -0.2) is 0 Å². The van der Waals surface area contributed by atoms with E-state index in [0.717, 1.165) is 98.4 Å². The van der Waals surface area contributed by atoms with E-state index in [2.05, 4.69) is 123 Å². The van der Waals surface area contributed by atoms with Crippen molar-refractivity contribution in [2.45, 2.75) is 52.4 Å². The molecule has 0 amide bonds. The Morgan fingerprint density at radius 2 is 0.734 bits per heavy atom. The standard InChI is InChI=1S/C62H48N2/c1-61(2,3)39-25-31-53-51(33-39)57-45(43-23-15-13-21-41(43)37-17-9-7-10-18-37)27-29-47-49-36-56-50(35-55(49)63(53)59(47)57)48-30-28-46(44-24-16-14-22-42(44)38-19-11-8-12-20-38)58-52-34-40(62(4,5)6)26-32-54(52)64(56)60(48)58/h7-36H,1-6H3/i7D,8D,9D,10D,11D,12D,17D,18D,19D,20D. The van der Waals surface area contributed by atoms with Crippen molar-refractivity contribution in [1.82, 2.24) is 8.80 Å². The minimum atomic E-state index is -0.426. The van der Waals surface area contributed by atoms with E-state index < -0.39 is 12.1 Å². The molecule has 0 bridgehead atoms. The van der Waals surface area contributed by atoms with Crippen LogP contribution in [0.25, 0.3) is 121 Å². The molecule has 13 rings (SSSR count). The summed E-state index contributed by atoms with van der Waals surface area (Å²) in [7, 11) is 0. The van der Waals surface area contributed by atoms with Gasteiger partial charge in [-0.3, -0.25) is 0 Å². The molecule has 2 heteroatoms. The highest BCUT2D eigenvalue weighted by molar-refractivity contribution is 6.32. The van der Waals surface area contributed by atoms with Crippen LogP contribution < -0.4 is 0 Å². The van der Waals surface area contributed by atoms with Crippen LogP contribution in [-0.2, 0) is 10.8 Å². The first kappa shape index (κ1) is 28.3. The van der Waals surface area contributed by atoms with Crippen LogP contribution in [0.15, 0.2) is 182 Å². The van der Waals surface area contributed by atoms with Gasteiger partial charge in [-0.2, -0.15) is 0 Å². The van der Waals surface area contributed by atoms with Gasteiger partial charge in [0.15, 0.2) is 0 Å². The molecule has 0 atom stereocenters. The van der Waals surface area contributed by atoms with Crippen molar-refractivity contribution in [2.75, 3.05) is 0 Å². The van der Waals surface area contributed by atoms with E-state index >= 15 is 0 Å². The quantitative estimate of drug-likeness (QED) is 0.167. The number of benzene rings is 9. The molecule has 0 unspecified atom stereocenters. The maximum atomic E-state index is 9.02. The van der Waals surface area contributed by atoms with Crippen LogP contribution in [0.2, 0.25) is 0 Å². The van der Waals surface area contributed by atoms with Crippen LogP contribution in [0.5, 0.6) is 0 Å². The Kier molecular flexibility index (Phi) is 5.78. The Balaban J connectivity index is 1.14. The monoisotopic (exact) mass is 830 g/mol. The lowest BCUT2D eigenvalue weighted by Crippen LogP contribution is -2.10. The lowest BCUT2D eigenvalue weighted by atomic mass is 9.85. The zero-order chi connectivity index (χ0) is 51.9. The van der Waals surface area contributed by atoms with Crippen molar-refractivity contribution >= 4 is 76.2 Å². The number of hydrogen-bond donors (Lipinski definition) is 0. The summed E-state index contributed by atoms with van der Waals surface area (Å²) in [6, 6.07) is 38.6. The molecule has 0 radical (unpaired) electrons. The third kappa shape index (κ3) is 5.14. The summed E-state index contributed by atoms with van der Waals surface area (Å²) in [4.78, 5) is 0. The highest BCUT2D eigenvalue weighted by Gasteiger charge is 2.28. The van der Waals surface area contributed by atoms with Gasteiger partial charge < -0.3 is 8.80 Å². The number of fused-ring (bicyclic) bond motifs is 12. The molecule has 0 aliphatic heterocycles. The van der Waals surface area contributed by atoms with Crippen molar-refractivity contribution in [3.63, 3.8) is 0 Å². The molecule has 4 aromatic heterocycles. The average Bonchev–Trinajstić information content (AvgIpc) is 4.11. The summed E-state index contributed by atoms with van der Waals surface area (Å²) >= 11 is 0. The van der Waals surface area contributed by atoms with Crippen LogP contribution in [0, 0.1) is 0 Å². The minimum Gasteiger partial charge on any atom is -0.308 e. The average molecular weight is 831 g/mol. The summed E-state index contributed by atoms with van der Waals surface area (Å²) in [6.45, 7) is 13.3. The first-order valence-electron chi connectivity index (χ1n) is 26.9. The summed E-state index contributed by atoms with van der Waals surface area (Å²) in [5.41, 5.74) is 13.0. The van der Waals surface area contributed by atoms with Crippen molar-refractivity contribution < 1.29 is 13.7 Å². The third-order valence-corrected chi connectivity index (χ3v) is 13.7. The Bertz CT molecular complexity index is 4270. The number of hydrogen-bond acceptors (Lipinski definition) is 0. The summed E-state index contributed by atoms with van der Waals surface area (Å²) in [6.07, 6.45) is 0. The smallest absolute Gasteiger partial charge is 0.0629 e. The van der Waals surface area contributed by atoms with Crippen LogP contribution in [-0.4, -0.2) is 8.80 Å². The maximum absolute atomic E-state index is 9.02. The van der Waals surface area contributed by atoms with Crippen molar-refractivity contribution in [2.24, 2.45) is 0 Å². The van der Waals surface area contributed by atoms with Crippen LogP contribution >= 0.6 is 0 Å². The normalized spacial score (nSPS) is 15.0. The largest absolute Gasteiger partial charge is 0.308 e. The van der Waals surface area contributed by atoms with E-state index in [4.69, 9.17) is 13.7 Å². The van der Waals surface area contributed by atoms with Gasteiger partial charge in [-0.1, -0.05) is 187 Å². The third-order valence-electron chi connectivity index (χ3n) is 13.7. The van der Waals surface area contributed by atoms with Crippen molar-refractivity contribution in [1.29, 1.82) is 0 Å². The van der Waals surface area contributed by atoms with E-state index in [1.165, 1.54) is 11.1 Å². The number of aromatic nitrogens is 2. The SMILES string of the molecule is [2H]c1c([2H])c([2H])c(-c2ccccc2-c2ccc3c4cc5c(cc4n4c6ccc(C(C)(C)C)cc6c2c34)c2ccc(-c3ccccc3-c3c([2H])c([2H])c([2H])c([2H])c3[2H])c3c4cc(C(C)(C)C)ccc4n5c23)c([2H])c1[2H]. The Hall–Kier alpha value is -7.42. The van der Waals surface area contributed by atoms with E-state index in [0.29, 0.717) is 11.1 Å². The van der Waals surface area contributed by atoms with E-state index in [1.807, 2.05) is 48.5 Å². The second-order valence-corrected chi connectivity index (χ2v) is 19.4. The van der Waals surface area contributed by atoms with Gasteiger partial charge in [0.2, 0.25) is 0 Å². The Morgan fingerprint density at radius 1 is 0.344 bits per heavy atom. The van der Waals surface area contributed by atoms with Gasteiger partial charge in [0.05, 0.1) is 46.8 Å². The van der Waals surface area contributed by atoms with Crippen LogP contribution in [0.4, 0.5) is 0 Å². The molecule has 0 aliphatic rings. The molecule has 306 valence electrons. The molecule has 0 spiro atoms. The zero-order valence-corrected chi connectivity index (χ0v) is 36.4. The first-order chi connectivity index (χ1) is 35.2. The van der Waals surface area contributed by atoms with Gasteiger partial charge in [0, 0.05) is 43.1 Å². The van der Waals surface area contributed by atoms with Gasteiger partial charge in [-0.15, -0.1) is 0 Å². The van der Waals surface area contributed by atoms with Crippen LogP contribution in [0.3, 0.4) is 0 Å². The molecule has 0 saturated carbocycles.